The average molecular weight is 406 g/mol. The Hall–Kier alpha value is -3.18. The van der Waals surface area contributed by atoms with Crippen LogP contribution in [-0.2, 0) is 16.5 Å². The fourth-order valence-electron chi connectivity index (χ4n) is 3.52. The van der Waals surface area contributed by atoms with Gasteiger partial charge in [-0.25, -0.2) is 4.79 Å². The molecule has 2 heterocycles. The number of hydrogen-bond acceptors (Lipinski definition) is 5. The summed E-state index contributed by atoms with van der Waals surface area (Å²) in [7, 11) is 17.1. The Morgan fingerprint density at radius 1 is 1.23 bits per heavy atom. The van der Waals surface area contributed by atoms with E-state index in [1.165, 1.54) is 0 Å². The summed E-state index contributed by atoms with van der Waals surface area (Å²) >= 11 is 0. The summed E-state index contributed by atoms with van der Waals surface area (Å²) in [5, 5.41) is 13.3. The van der Waals surface area contributed by atoms with Gasteiger partial charge in [-0.2, -0.15) is 5.26 Å². The van der Waals surface area contributed by atoms with E-state index in [4.69, 9.17) is 28.0 Å². The molecule has 1 aliphatic heterocycles. The van der Waals surface area contributed by atoms with Crippen LogP contribution in [0.1, 0.15) is 5.56 Å². The number of benzene rings is 2. The largest absolute Gasteiger partial charge is 0.418 e. The first-order valence-corrected chi connectivity index (χ1v) is 9.79. The van der Waals surface area contributed by atoms with Gasteiger partial charge in [-0.05, 0) is 28.8 Å². The lowest BCUT2D eigenvalue weighted by Crippen LogP contribution is -2.52. The number of aromatic nitrogens is 1. The van der Waals surface area contributed by atoms with E-state index in [2.05, 4.69) is 16.7 Å². The van der Waals surface area contributed by atoms with Crippen molar-refractivity contribution in [3.05, 3.63) is 58.6 Å². The van der Waals surface area contributed by atoms with Gasteiger partial charge in [0.2, 0.25) is 5.91 Å². The predicted octanol–water partition coefficient (Wildman–Crippen LogP) is 0.105. The van der Waals surface area contributed by atoms with E-state index in [-0.39, 0.29) is 11.8 Å². The fraction of sp³-hybridized carbons (Fsp3) is 0.286. The van der Waals surface area contributed by atoms with Gasteiger partial charge in [0.15, 0.2) is 5.58 Å². The molecule has 1 unspecified atom stereocenters. The smallest absolute Gasteiger partial charge is 0.408 e. The Morgan fingerprint density at radius 3 is 2.48 bits per heavy atom. The summed E-state index contributed by atoms with van der Waals surface area (Å²) < 4.78 is 6.15. The van der Waals surface area contributed by atoms with Crippen LogP contribution in [0.3, 0.4) is 0 Å². The molecule has 4 rings (SSSR count). The summed E-state index contributed by atoms with van der Waals surface area (Å²) in [6.45, 7) is 1.29. The Kier molecular flexibility index (Phi) is 5.55. The molecule has 1 aliphatic rings. The van der Waals surface area contributed by atoms with Crippen molar-refractivity contribution in [1.29, 1.82) is 5.26 Å². The zero-order valence-corrected chi connectivity index (χ0v) is 16.7. The molecule has 1 amide bonds. The Balaban J connectivity index is 1.53. The quantitative estimate of drug-likeness (QED) is 0.567. The average Bonchev–Trinajstić information content (AvgIpc) is 3.01. The molecule has 0 spiro atoms. The van der Waals surface area contributed by atoms with Crippen molar-refractivity contribution in [3.63, 3.8) is 0 Å². The standard InChI is InChI=1S/C21H17B3N4O3/c22-21(23,24)28-17-8-14(5-6-18(17)31-20(28)30)13-3-1-12(2-4-13)7-16(9-25)27-19(29)15-10-26-11-15/h1-6,8,15-16,26H,7,10-11H2,(H,27,29). The lowest BCUT2D eigenvalue weighted by Gasteiger charge is -2.26. The SMILES string of the molecule is [B]C([B])([B])n1c(=O)oc2ccc(-c3ccc(CC(C#N)NC(=O)C4CNC4)cc3)cc21. The number of nitrogens with zero attached hydrogens (tertiary/aromatic N) is 2. The first-order chi connectivity index (χ1) is 14.8. The van der Waals surface area contributed by atoms with Crippen LogP contribution in [0.25, 0.3) is 22.2 Å². The highest BCUT2D eigenvalue weighted by Crippen LogP contribution is 2.26. The molecule has 0 bridgehead atoms. The molecular weight excluding hydrogens is 389 g/mol. The Bertz CT molecular complexity index is 1220. The number of carbonyl (C=O) groups is 1. The van der Waals surface area contributed by atoms with Crippen molar-refractivity contribution in [2.75, 3.05) is 13.1 Å². The van der Waals surface area contributed by atoms with Crippen molar-refractivity contribution in [2.24, 2.45) is 5.92 Å². The van der Waals surface area contributed by atoms with Crippen molar-refractivity contribution < 1.29 is 9.21 Å². The number of nitriles is 1. The second kappa shape index (κ2) is 8.16. The Morgan fingerprint density at radius 2 is 1.90 bits per heavy atom. The molecule has 2 aromatic carbocycles. The van der Waals surface area contributed by atoms with Gasteiger partial charge < -0.3 is 15.1 Å². The third-order valence-corrected chi connectivity index (χ3v) is 5.32. The van der Waals surface area contributed by atoms with E-state index in [0.717, 1.165) is 21.3 Å². The minimum Gasteiger partial charge on any atom is -0.408 e. The molecule has 1 fully saturated rings. The normalized spacial score (nSPS) is 15.2. The molecule has 10 heteroatoms. The number of nitrogens with one attached hydrogen (secondary N) is 2. The molecule has 1 atom stereocenters. The maximum Gasteiger partial charge on any atom is 0.418 e. The predicted molar refractivity (Wildman–Crippen MR) is 119 cm³/mol. The third kappa shape index (κ3) is 4.32. The maximum absolute atomic E-state index is 12.1. The van der Waals surface area contributed by atoms with E-state index < -0.39 is 17.0 Å². The Labute approximate surface area is 183 Å². The minimum atomic E-state index is -1.89. The van der Waals surface area contributed by atoms with Gasteiger partial charge in [-0.15, -0.1) is 0 Å². The number of fused-ring (bicyclic) bond motifs is 1. The van der Waals surface area contributed by atoms with E-state index in [1.54, 1.807) is 18.2 Å². The summed E-state index contributed by atoms with van der Waals surface area (Å²) in [6, 6.07) is 14.3. The van der Waals surface area contributed by atoms with Gasteiger partial charge >= 0.3 is 5.76 Å². The first kappa shape index (κ1) is 21.1. The van der Waals surface area contributed by atoms with Crippen LogP contribution in [0.15, 0.2) is 51.7 Å². The van der Waals surface area contributed by atoms with Crippen LogP contribution in [0.5, 0.6) is 0 Å². The lowest BCUT2D eigenvalue weighted by molar-refractivity contribution is -0.126. The maximum atomic E-state index is 12.1. The molecule has 1 saturated heterocycles. The second-order valence-corrected chi connectivity index (χ2v) is 7.72. The van der Waals surface area contributed by atoms with Crippen molar-refractivity contribution >= 4 is 40.5 Å². The van der Waals surface area contributed by atoms with E-state index in [9.17, 15) is 14.9 Å². The number of carbonyl (C=O) groups excluding carboxylic acids is 1. The van der Waals surface area contributed by atoms with Crippen LogP contribution >= 0.6 is 0 Å². The number of hydrogen-bond donors (Lipinski definition) is 2. The van der Waals surface area contributed by atoms with Gasteiger partial charge in [0, 0.05) is 19.5 Å². The van der Waals surface area contributed by atoms with Gasteiger partial charge in [-0.3, -0.25) is 9.36 Å². The van der Waals surface area contributed by atoms with Crippen molar-refractivity contribution in [2.45, 2.75) is 17.7 Å². The monoisotopic (exact) mass is 406 g/mol. The van der Waals surface area contributed by atoms with Crippen molar-refractivity contribution in [3.8, 4) is 17.2 Å². The lowest BCUT2D eigenvalue weighted by atomic mass is 9.49. The fourth-order valence-corrected chi connectivity index (χ4v) is 3.52. The van der Waals surface area contributed by atoms with E-state index in [0.29, 0.717) is 30.6 Å². The molecule has 0 saturated carbocycles. The molecule has 31 heavy (non-hydrogen) atoms. The summed E-state index contributed by atoms with van der Waals surface area (Å²) in [5.41, 5.74) is 3.30. The highest BCUT2D eigenvalue weighted by atomic mass is 16.4. The van der Waals surface area contributed by atoms with Gasteiger partial charge in [0.25, 0.3) is 0 Å². The van der Waals surface area contributed by atoms with Gasteiger partial charge in [0.1, 0.15) is 6.04 Å². The topological polar surface area (TPSA) is 100 Å². The van der Waals surface area contributed by atoms with Crippen LogP contribution in [0.4, 0.5) is 0 Å². The van der Waals surface area contributed by atoms with Crippen LogP contribution in [0, 0.1) is 17.2 Å². The minimum absolute atomic E-state index is 0.0669. The molecule has 7 nitrogen and oxygen atoms in total. The van der Waals surface area contributed by atoms with Crippen LogP contribution < -0.4 is 16.4 Å². The number of rotatable bonds is 6. The molecule has 148 valence electrons. The number of amides is 1. The summed E-state index contributed by atoms with van der Waals surface area (Å²) in [4.78, 5) is 24.1. The molecular formula is C21H17B3N4O3. The van der Waals surface area contributed by atoms with Crippen LogP contribution in [0.2, 0.25) is 0 Å². The molecule has 2 N–H and O–H groups in total. The molecule has 3 aromatic rings. The highest BCUT2D eigenvalue weighted by Gasteiger charge is 2.26. The highest BCUT2D eigenvalue weighted by molar-refractivity contribution is 6.56. The van der Waals surface area contributed by atoms with E-state index in [1.807, 2.05) is 24.3 Å². The van der Waals surface area contributed by atoms with Gasteiger partial charge in [-0.1, -0.05) is 35.6 Å². The van der Waals surface area contributed by atoms with Gasteiger partial charge in [0.05, 0.1) is 41.0 Å². The summed E-state index contributed by atoms with van der Waals surface area (Å²) in [5.74, 6) is -0.905. The zero-order valence-electron chi connectivity index (χ0n) is 16.7. The van der Waals surface area contributed by atoms with Crippen LogP contribution in [-0.4, -0.2) is 53.1 Å². The zero-order chi connectivity index (χ0) is 22.2. The summed E-state index contributed by atoms with van der Waals surface area (Å²) in [6.07, 6.45) is 0.402. The second-order valence-electron chi connectivity index (χ2n) is 7.72. The first-order valence-electron chi connectivity index (χ1n) is 9.79. The molecule has 0 aliphatic carbocycles. The molecule has 6 radical (unpaired) electrons. The van der Waals surface area contributed by atoms with Crippen molar-refractivity contribution in [1.82, 2.24) is 15.2 Å². The number of oxazole rings is 1. The van der Waals surface area contributed by atoms with E-state index >= 15 is 0 Å². The third-order valence-electron chi connectivity index (χ3n) is 5.32. The molecule has 1 aromatic heterocycles.